The Morgan fingerprint density at radius 2 is 2.38 bits per heavy atom. The number of hydrogen-bond acceptors (Lipinski definition) is 3. The Bertz CT molecular complexity index is 313. The molecule has 0 atom stereocenters. The monoisotopic (exact) mass is 222 g/mol. The Morgan fingerprint density at radius 3 is 3.06 bits per heavy atom. The van der Waals surface area contributed by atoms with E-state index in [9.17, 15) is 0 Å². The molecular weight excluding hydrogens is 204 g/mol. The standard InChI is InChI=1S/C11H18N4O/c12-11(14-7-3-9-16)15-8-5-10-4-1-2-6-13-10/h1-2,4,6,16H,3,5,7-9H2,(H3,12,14,15). The zero-order valence-corrected chi connectivity index (χ0v) is 9.26. The lowest BCUT2D eigenvalue weighted by Gasteiger charge is -2.04. The van der Waals surface area contributed by atoms with Crippen LogP contribution in [0.15, 0.2) is 29.4 Å². The van der Waals surface area contributed by atoms with Gasteiger partial charge in [-0.1, -0.05) is 6.07 Å². The highest BCUT2D eigenvalue weighted by Crippen LogP contribution is 1.92. The molecule has 0 bridgehead atoms. The quantitative estimate of drug-likeness (QED) is 0.357. The average molecular weight is 222 g/mol. The minimum atomic E-state index is 0.144. The molecule has 1 aromatic heterocycles. The maximum atomic E-state index is 8.57. The van der Waals surface area contributed by atoms with E-state index in [1.54, 1.807) is 6.20 Å². The summed E-state index contributed by atoms with van der Waals surface area (Å²) in [7, 11) is 0. The molecule has 5 heteroatoms. The van der Waals surface area contributed by atoms with Crippen LogP contribution in [0.5, 0.6) is 0 Å². The van der Waals surface area contributed by atoms with Gasteiger partial charge in [-0.25, -0.2) is 0 Å². The number of rotatable bonds is 6. The number of hydrogen-bond donors (Lipinski definition) is 3. The summed E-state index contributed by atoms with van der Waals surface area (Å²) in [5, 5.41) is 11.6. The largest absolute Gasteiger partial charge is 0.396 e. The van der Waals surface area contributed by atoms with Crippen molar-refractivity contribution in [3.63, 3.8) is 0 Å². The van der Waals surface area contributed by atoms with Crippen molar-refractivity contribution in [2.45, 2.75) is 12.8 Å². The fraction of sp³-hybridized carbons (Fsp3) is 0.455. The van der Waals surface area contributed by atoms with E-state index in [1.165, 1.54) is 0 Å². The van der Waals surface area contributed by atoms with Crippen LogP contribution in [0.2, 0.25) is 0 Å². The fourth-order valence-corrected chi connectivity index (χ4v) is 1.19. The van der Waals surface area contributed by atoms with Gasteiger partial charge in [-0.3, -0.25) is 9.98 Å². The van der Waals surface area contributed by atoms with Crippen LogP contribution >= 0.6 is 0 Å². The van der Waals surface area contributed by atoms with E-state index in [4.69, 9.17) is 10.8 Å². The van der Waals surface area contributed by atoms with Gasteiger partial charge in [-0.2, -0.15) is 0 Å². The molecule has 0 aliphatic heterocycles. The predicted molar refractivity (Wildman–Crippen MR) is 64.1 cm³/mol. The van der Waals surface area contributed by atoms with Gasteiger partial charge >= 0.3 is 0 Å². The molecule has 16 heavy (non-hydrogen) atoms. The number of nitrogens with one attached hydrogen (secondary N) is 1. The number of aliphatic imine (C=N–C) groups is 1. The van der Waals surface area contributed by atoms with Gasteiger partial charge in [0.05, 0.1) is 0 Å². The molecule has 0 aromatic carbocycles. The minimum Gasteiger partial charge on any atom is -0.396 e. The molecule has 0 unspecified atom stereocenters. The van der Waals surface area contributed by atoms with Gasteiger partial charge in [-0.15, -0.1) is 0 Å². The van der Waals surface area contributed by atoms with E-state index in [2.05, 4.69) is 15.3 Å². The molecule has 1 rings (SSSR count). The van der Waals surface area contributed by atoms with Crippen LogP contribution < -0.4 is 11.1 Å². The zero-order valence-electron chi connectivity index (χ0n) is 9.26. The molecule has 0 spiro atoms. The summed E-state index contributed by atoms with van der Waals surface area (Å²) in [5.41, 5.74) is 6.64. The second-order valence-electron chi connectivity index (χ2n) is 3.34. The Morgan fingerprint density at radius 1 is 1.50 bits per heavy atom. The third kappa shape index (κ3) is 5.31. The van der Waals surface area contributed by atoms with Crippen LogP contribution in [0, 0.1) is 0 Å². The molecule has 0 aliphatic carbocycles. The first-order valence-corrected chi connectivity index (χ1v) is 5.37. The number of aromatic nitrogens is 1. The smallest absolute Gasteiger partial charge is 0.188 e. The normalized spacial score (nSPS) is 11.4. The highest BCUT2D eigenvalue weighted by molar-refractivity contribution is 5.77. The van der Waals surface area contributed by atoms with Crippen LogP contribution in [-0.2, 0) is 6.42 Å². The predicted octanol–water partition coefficient (Wildman–Crippen LogP) is -0.0892. The summed E-state index contributed by atoms with van der Waals surface area (Å²) in [4.78, 5) is 8.25. The Hall–Kier alpha value is -1.62. The lowest BCUT2D eigenvalue weighted by atomic mass is 10.3. The fourth-order valence-electron chi connectivity index (χ4n) is 1.19. The van der Waals surface area contributed by atoms with Gasteiger partial charge in [0.15, 0.2) is 5.96 Å². The van der Waals surface area contributed by atoms with Crippen LogP contribution in [0.1, 0.15) is 12.1 Å². The molecule has 0 amide bonds. The number of guanidine groups is 1. The summed E-state index contributed by atoms with van der Waals surface area (Å²) in [5.74, 6) is 0.421. The van der Waals surface area contributed by atoms with Gasteiger partial charge in [-0.05, 0) is 18.6 Å². The topological polar surface area (TPSA) is 83.5 Å². The van der Waals surface area contributed by atoms with E-state index < -0.39 is 0 Å². The van der Waals surface area contributed by atoms with Gasteiger partial charge in [0, 0.05) is 38.0 Å². The van der Waals surface area contributed by atoms with Crippen molar-refractivity contribution in [1.82, 2.24) is 10.3 Å². The summed E-state index contributed by atoms with van der Waals surface area (Å²) < 4.78 is 0. The highest BCUT2D eigenvalue weighted by atomic mass is 16.3. The molecule has 5 nitrogen and oxygen atoms in total. The Kier molecular flexibility index (Phi) is 5.95. The first-order valence-electron chi connectivity index (χ1n) is 5.37. The molecular formula is C11H18N4O. The summed E-state index contributed by atoms with van der Waals surface area (Å²) >= 11 is 0. The summed E-state index contributed by atoms with van der Waals surface area (Å²) in [6.45, 7) is 1.41. The van der Waals surface area contributed by atoms with E-state index in [1.807, 2.05) is 18.2 Å². The molecule has 0 fully saturated rings. The van der Waals surface area contributed by atoms with Gasteiger partial charge in [0.25, 0.3) is 0 Å². The number of aliphatic hydroxyl groups is 1. The van der Waals surface area contributed by atoms with Crippen molar-refractivity contribution < 1.29 is 5.11 Å². The van der Waals surface area contributed by atoms with Crippen molar-refractivity contribution in [3.05, 3.63) is 30.1 Å². The number of pyridine rings is 1. The minimum absolute atomic E-state index is 0.144. The van der Waals surface area contributed by atoms with E-state index in [-0.39, 0.29) is 6.61 Å². The second-order valence-corrected chi connectivity index (χ2v) is 3.34. The van der Waals surface area contributed by atoms with E-state index in [0.717, 1.165) is 12.1 Å². The number of nitrogens with two attached hydrogens (primary N) is 1. The van der Waals surface area contributed by atoms with E-state index >= 15 is 0 Å². The van der Waals surface area contributed by atoms with Gasteiger partial charge in [0.1, 0.15) is 0 Å². The zero-order chi connectivity index (χ0) is 11.6. The summed E-state index contributed by atoms with van der Waals surface area (Å²) in [6, 6.07) is 5.82. The molecule has 0 radical (unpaired) electrons. The van der Waals surface area contributed by atoms with Crippen molar-refractivity contribution >= 4 is 5.96 Å². The average Bonchev–Trinajstić information content (AvgIpc) is 2.31. The van der Waals surface area contributed by atoms with Crippen LogP contribution in [0.25, 0.3) is 0 Å². The first kappa shape index (κ1) is 12.4. The van der Waals surface area contributed by atoms with Gasteiger partial charge < -0.3 is 16.2 Å². The van der Waals surface area contributed by atoms with Gasteiger partial charge in [0.2, 0.25) is 0 Å². The van der Waals surface area contributed by atoms with Crippen LogP contribution in [0.3, 0.4) is 0 Å². The third-order valence-corrected chi connectivity index (χ3v) is 2.01. The van der Waals surface area contributed by atoms with Crippen molar-refractivity contribution in [3.8, 4) is 0 Å². The number of aliphatic hydroxyl groups excluding tert-OH is 1. The maximum absolute atomic E-state index is 8.57. The molecule has 88 valence electrons. The molecule has 1 heterocycles. The third-order valence-electron chi connectivity index (χ3n) is 2.01. The molecule has 0 saturated heterocycles. The molecule has 4 N–H and O–H groups in total. The van der Waals surface area contributed by atoms with Crippen LogP contribution in [-0.4, -0.2) is 35.7 Å². The molecule has 0 aliphatic rings. The second kappa shape index (κ2) is 7.64. The van der Waals surface area contributed by atoms with Crippen LogP contribution in [0.4, 0.5) is 0 Å². The van der Waals surface area contributed by atoms with Crippen molar-refractivity contribution in [1.29, 1.82) is 0 Å². The summed E-state index contributed by atoms with van der Waals surface area (Å²) in [6.07, 6.45) is 3.23. The lowest BCUT2D eigenvalue weighted by Crippen LogP contribution is -2.33. The molecule has 1 aromatic rings. The SMILES string of the molecule is NC(=NCCCO)NCCc1ccccn1. The maximum Gasteiger partial charge on any atom is 0.188 e. The highest BCUT2D eigenvalue weighted by Gasteiger charge is 1.94. The van der Waals surface area contributed by atoms with Crippen molar-refractivity contribution in [2.75, 3.05) is 19.7 Å². The first-order chi connectivity index (χ1) is 7.83. The molecule has 0 saturated carbocycles. The van der Waals surface area contributed by atoms with E-state index in [0.29, 0.717) is 25.5 Å². The Labute approximate surface area is 95.4 Å². The number of nitrogens with zero attached hydrogens (tertiary/aromatic N) is 2. The van der Waals surface area contributed by atoms with Crippen molar-refractivity contribution in [2.24, 2.45) is 10.7 Å². The lowest BCUT2D eigenvalue weighted by molar-refractivity contribution is 0.291. The Balaban J connectivity index is 2.18.